The maximum Gasteiger partial charge on any atom is 0.337 e. The van der Waals surface area contributed by atoms with E-state index in [9.17, 15) is 9.90 Å². The van der Waals surface area contributed by atoms with Gasteiger partial charge in [-0.3, -0.25) is 4.68 Å². The highest BCUT2D eigenvalue weighted by atomic mass is 35.5. The molecule has 8 rings (SSSR count). The summed E-state index contributed by atoms with van der Waals surface area (Å²) in [5.74, 6) is -0.0605. The number of halogens is 1. The highest BCUT2D eigenvalue weighted by molar-refractivity contribution is 7.22. The number of piperidine rings is 1. The number of aliphatic carboxylic acids is 1. The predicted molar refractivity (Wildman–Crippen MR) is 171 cm³/mol. The number of morpholine rings is 1. The minimum Gasteiger partial charge on any atom is -0.479 e. The Balaban J connectivity index is 1.40. The van der Waals surface area contributed by atoms with Crippen molar-refractivity contribution in [2.75, 3.05) is 18.0 Å². The van der Waals surface area contributed by atoms with Gasteiger partial charge in [0.15, 0.2) is 11.9 Å². The molecule has 8 nitrogen and oxygen atoms in total. The summed E-state index contributed by atoms with van der Waals surface area (Å²) in [6, 6.07) is 15.8. The topological polar surface area (TPSA) is 89.7 Å². The molecule has 0 saturated carbocycles. The van der Waals surface area contributed by atoms with Crippen molar-refractivity contribution in [2.45, 2.75) is 58.0 Å². The molecule has 0 aliphatic carbocycles. The quantitative estimate of drug-likeness (QED) is 0.213. The van der Waals surface area contributed by atoms with Crippen molar-refractivity contribution >= 4 is 55.8 Å². The van der Waals surface area contributed by atoms with E-state index in [4.69, 9.17) is 31.2 Å². The number of carboxylic acids is 1. The lowest BCUT2D eigenvalue weighted by Gasteiger charge is -2.47. The van der Waals surface area contributed by atoms with Crippen molar-refractivity contribution in [3.8, 4) is 21.7 Å². The lowest BCUT2D eigenvalue weighted by molar-refractivity contribution is -0.160. The zero-order chi connectivity index (χ0) is 30.2. The first-order valence-corrected chi connectivity index (χ1v) is 15.6. The van der Waals surface area contributed by atoms with Crippen LogP contribution in [0.5, 0.6) is 0 Å². The molecular formula is C33H33ClN4O4S. The van der Waals surface area contributed by atoms with E-state index in [1.54, 1.807) is 11.3 Å². The van der Waals surface area contributed by atoms with E-state index in [0.717, 1.165) is 73.7 Å². The van der Waals surface area contributed by atoms with Crippen LogP contribution in [0.15, 0.2) is 48.5 Å². The van der Waals surface area contributed by atoms with Crippen LogP contribution in [0.1, 0.15) is 44.4 Å². The highest BCUT2D eigenvalue weighted by Crippen LogP contribution is 2.45. The molecule has 3 aliphatic heterocycles. The fraction of sp³-hybridized carbons (Fsp3) is 0.364. The molecule has 0 radical (unpaired) electrons. The van der Waals surface area contributed by atoms with Gasteiger partial charge in [0.25, 0.3) is 0 Å². The Morgan fingerprint density at radius 2 is 1.79 bits per heavy atom. The van der Waals surface area contributed by atoms with Gasteiger partial charge in [0, 0.05) is 53.7 Å². The number of carboxylic acid groups (broad SMARTS) is 1. The van der Waals surface area contributed by atoms with Gasteiger partial charge in [0.2, 0.25) is 0 Å². The smallest absolute Gasteiger partial charge is 0.337 e. The summed E-state index contributed by atoms with van der Waals surface area (Å²) in [5, 5.41) is 17.8. The van der Waals surface area contributed by atoms with Crippen LogP contribution in [-0.2, 0) is 21.3 Å². The second-order valence-electron chi connectivity index (χ2n) is 12.5. The molecular weight excluding hydrogens is 584 g/mol. The molecule has 3 atom stereocenters. The molecule has 3 saturated heterocycles. The standard InChI is InChI=1S/C33H33ClN4O4S/c1-17-12-24-29(27(18-6-9-20(34)10-7-18)26(17)28(32(39)40)42-33(2,3)4)43-31(35-24)19-8-11-25-23(13-19)30(36-37(25)5)38-15-21-14-22(16-38)41-21/h6-13,21-22,28H,14-16H2,1-5H3,(H,39,40)/t21?,22?,28-/m0/s1. The van der Waals surface area contributed by atoms with E-state index in [0.29, 0.717) is 10.6 Å². The second-order valence-corrected chi connectivity index (χ2v) is 13.9. The van der Waals surface area contributed by atoms with Crippen LogP contribution in [-0.4, -0.2) is 56.7 Å². The number of aromatic nitrogens is 3. The lowest BCUT2D eigenvalue weighted by Crippen LogP contribution is -2.57. The van der Waals surface area contributed by atoms with Crippen LogP contribution >= 0.6 is 22.9 Å². The maximum absolute atomic E-state index is 12.7. The first-order chi connectivity index (χ1) is 20.4. The Kier molecular flexibility index (Phi) is 6.77. The monoisotopic (exact) mass is 616 g/mol. The molecule has 5 heterocycles. The summed E-state index contributed by atoms with van der Waals surface area (Å²) in [7, 11) is 1.98. The maximum atomic E-state index is 12.7. The Bertz CT molecular complexity index is 1880. The zero-order valence-electron chi connectivity index (χ0n) is 24.7. The van der Waals surface area contributed by atoms with Gasteiger partial charge in [-0.05, 0) is 75.2 Å². The van der Waals surface area contributed by atoms with Crippen molar-refractivity contribution in [3.05, 3.63) is 64.7 Å². The van der Waals surface area contributed by atoms with E-state index < -0.39 is 17.7 Å². The van der Waals surface area contributed by atoms with Crippen LogP contribution in [0.3, 0.4) is 0 Å². The van der Waals surface area contributed by atoms with Gasteiger partial charge in [-0.15, -0.1) is 11.3 Å². The van der Waals surface area contributed by atoms with Crippen LogP contribution < -0.4 is 4.90 Å². The molecule has 2 bridgehead atoms. The second kappa shape index (κ2) is 10.3. The SMILES string of the molecule is Cc1cc2nc(-c3ccc4c(c3)c(N3CC5CC(C3)O5)nn4C)sc2c(-c2ccc(Cl)cc2)c1[C@H](OC(C)(C)C)C(=O)O. The van der Waals surface area contributed by atoms with Gasteiger partial charge in [0.05, 0.1) is 33.5 Å². The number of rotatable bonds is 6. The first-order valence-electron chi connectivity index (χ1n) is 14.4. The van der Waals surface area contributed by atoms with E-state index >= 15 is 0 Å². The zero-order valence-corrected chi connectivity index (χ0v) is 26.3. The Labute approximate surface area is 258 Å². The summed E-state index contributed by atoms with van der Waals surface area (Å²) < 4.78 is 14.9. The van der Waals surface area contributed by atoms with Gasteiger partial charge < -0.3 is 19.5 Å². The minimum atomic E-state index is -1.16. The third-order valence-electron chi connectivity index (χ3n) is 8.15. The Hall–Kier alpha value is -3.50. The summed E-state index contributed by atoms with van der Waals surface area (Å²) >= 11 is 7.81. The third-order valence-corrected chi connectivity index (χ3v) is 9.54. The molecule has 0 amide bonds. The number of anilines is 1. The van der Waals surface area contributed by atoms with Gasteiger partial charge in [-0.25, -0.2) is 9.78 Å². The predicted octanol–water partition coefficient (Wildman–Crippen LogP) is 7.40. The summed E-state index contributed by atoms with van der Waals surface area (Å²) in [6.45, 7) is 9.23. The average molecular weight is 617 g/mol. The van der Waals surface area contributed by atoms with Crippen LogP contribution in [0.2, 0.25) is 5.02 Å². The van der Waals surface area contributed by atoms with Crippen molar-refractivity contribution in [1.82, 2.24) is 14.8 Å². The van der Waals surface area contributed by atoms with E-state index in [-0.39, 0.29) is 12.2 Å². The molecule has 0 spiro atoms. The number of nitrogens with zero attached hydrogens (tertiary/aromatic N) is 4. The third kappa shape index (κ3) is 5.08. The molecule has 1 N–H and O–H groups in total. The number of hydrogen-bond acceptors (Lipinski definition) is 7. The van der Waals surface area contributed by atoms with Crippen molar-refractivity contribution < 1.29 is 19.4 Å². The number of thiazole rings is 1. The summed E-state index contributed by atoms with van der Waals surface area (Å²) in [4.78, 5) is 20.1. The molecule has 2 unspecified atom stereocenters. The fourth-order valence-electron chi connectivity index (χ4n) is 6.30. The van der Waals surface area contributed by atoms with E-state index in [2.05, 4.69) is 23.1 Å². The molecule has 3 aromatic carbocycles. The van der Waals surface area contributed by atoms with Gasteiger partial charge in [-0.2, -0.15) is 5.10 Å². The van der Waals surface area contributed by atoms with Crippen LogP contribution in [0.4, 0.5) is 5.82 Å². The van der Waals surface area contributed by atoms with Crippen molar-refractivity contribution in [2.24, 2.45) is 7.05 Å². The van der Waals surface area contributed by atoms with Crippen LogP contribution in [0, 0.1) is 6.92 Å². The van der Waals surface area contributed by atoms with Crippen molar-refractivity contribution in [1.29, 1.82) is 0 Å². The highest BCUT2D eigenvalue weighted by Gasteiger charge is 2.39. The van der Waals surface area contributed by atoms with Gasteiger partial charge in [-0.1, -0.05) is 23.7 Å². The molecule has 3 fully saturated rings. The van der Waals surface area contributed by atoms with Gasteiger partial charge >= 0.3 is 5.97 Å². The molecule has 3 aliphatic rings. The van der Waals surface area contributed by atoms with Crippen LogP contribution in [0.25, 0.3) is 42.8 Å². The Morgan fingerprint density at radius 3 is 2.44 bits per heavy atom. The average Bonchev–Trinajstić information content (AvgIpc) is 3.51. The molecule has 222 valence electrons. The summed E-state index contributed by atoms with van der Waals surface area (Å²) in [5.41, 5.74) is 5.30. The van der Waals surface area contributed by atoms with Gasteiger partial charge in [0.1, 0.15) is 5.01 Å². The van der Waals surface area contributed by atoms with E-state index in [1.165, 1.54) is 0 Å². The number of benzene rings is 3. The number of hydrogen-bond donors (Lipinski definition) is 1. The molecule has 10 heteroatoms. The number of ether oxygens (including phenoxy) is 2. The molecule has 2 aromatic heterocycles. The fourth-order valence-corrected chi connectivity index (χ4v) is 7.55. The Morgan fingerprint density at radius 1 is 1.12 bits per heavy atom. The lowest BCUT2D eigenvalue weighted by atomic mass is 9.91. The minimum absolute atomic E-state index is 0.281. The van der Waals surface area contributed by atoms with Crippen molar-refractivity contribution in [3.63, 3.8) is 0 Å². The normalized spacial score (nSPS) is 19.2. The largest absolute Gasteiger partial charge is 0.479 e. The number of carbonyl (C=O) groups is 1. The summed E-state index contributed by atoms with van der Waals surface area (Å²) in [6.07, 6.45) is 0.529. The number of aryl methyl sites for hydroxylation is 2. The molecule has 5 aromatic rings. The number of fused-ring (bicyclic) bond motifs is 4. The van der Waals surface area contributed by atoms with E-state index in [1.807, 2.05) is 69.8 Å². The molecule has 43 heavy (non-hydrogen) atoms. The first kappa shape index (κ1) is 28.3.